The lowest BCUT2D eigenvalue weighted by atomic mass is 10.0. The van der Waals surface area contributed by atoms with Gasteiger partial charge in [0.25, 0.3) is 0 Å². The maximum atomic E-state index is 13.1. The van der Waals surface area contributed by atoms with Crippen LogP contribution in [0.1, 0.15) is 32.8 Å². The molecule has 7 heteroatoms. The molecule has 28 heavy (non-hydrogen) atoms. The van der Waals surface area contributed by atoms with Gasteiger partial charge in [0.2, 0.25) is 5.91 Å². The van der Waals surface area contributed by atoms with Gasteiger partial charge < -0.3 is 19.7 Å². The number of carbonyl (C=O) groups is 3. The quantitative estimate of drug-likeness (QED) is 0.619. The molecule has 1 aromatic rings. The van der Waals surface area contributed by atoms with Gasteiger partial charge in [-0.05, 0) is 32.8 Å². The highest BCUT2D eigenvalue weighted by atomic mass is 16.6. The molecule has 2 amide bonds. The maximum absolute atomic E-state index is 13.1. The monoisotopic (exact) mass is 388 g/mol. The molecule has 0 radical (unpaired) electrons. The molecular formula is C21H28N2O5. The largest absolute Gasteiger partial charge is 0.467 e. The van der Waals surface area contributed by atoms with Crippen molar-refractivity contribution in [3.8, 4) is 0 Å². The van der Waals surface area contributed by atoms with E-state index in [0.29, 0.717) is 12.8 Å². The normalized spacial score (nSPS) is 18.2. The van der Waals surface area contributed by atoms with Crippen molar-refractivity contribution in [1.82, 2.24) is 10.2 Å². The highest BCUT2D eigenvalue weighted by Crippen LogP contribution is 2.17. The molecule has 0 spiro atoms. The molecule has 0 fully saturated rings. The Balaban J connectivity index is 2.20. The van der Waals surface area contributed by atoms with Crippen LogP contribution < -0.4 is 5.32 Å². The fourth-order valence-corrected chi connectivity index (χ4v) is 2.96. The summed E-state index contributed by atoms with van der Waals surface area (Å²) in [4.78, 5) is 39.1. The number of nitrogens with zero attached hydrogens (tertiary/aromatic N) is 1. The number of alkyl carbamates (subject to hydrolysis) is 1. The third-order valence-corrected chi connectivity index (χ3v) is 4.23. The standard InChI is InChI=1S/C21H28N2O5/c1-21(2,3)28-20(26)22-16-12-8-9-13-23(18(16)24)17(19(25)27-4)14-15-10-6-5-7-11-15/h5-11,16-17H,12-14H2,1-4H3,(H,22,26)/t16-,17-/m0/s1. The Bertz CT molecular complexity index is 724. The average molecular weight is 388 g/mol. The molecular weight excluding hydrogens is 360 g/mol. The van der Waals surface area contributed by atoms with Crippen molar-refractivity contribution in [1.29, 1.82) is 0 Å². The van der Waals surface area contributed by atoms with E-state index >= 15 is 0 Å². The number of benzene rings is 1. The summed E-state index contributed by atoms with van der Waals surface area (Å²) in [6, 6.07) is 7.83. The van der Waals surface area contributed by atoms with E-state index in [2.05, 4.69) is 5.32 Å². The summed E-state index contributed by atoms with van der Waals surface area (Å²) in [6.45, 7) is 5.51. The highest BCUT2D eigenvalue weighted by Gasteiger charge is 2.36. The van der Waals surface area contributed by atoms with Crippen molar-refractivity contribution in [2.24, 2.45) is 0 Å². The summed E-state index contributed by atoms with van der Waals surface area (Å²) in [5.74, 6) is -0.842. The van der Waals surface area contributed by atoms with E-state index in [0.717, 1.165) is 5.56 Å². The molecule has 2 rings (SSSR count). The molecule has 1 heterocycles. The lowest BCUT2D eigenvalue weighted by Crippen LogP contribution is -2.54. The smallest absolute Gasteiger partial charge is 0.408 e. The van der Waals surface area contributed by atoms with Crippen molar-refractivity contribution in [2.45, 2.75) is 51.3 Å². The second kappa shape index (κ2) is 9.39. The van der Waals surface area contributed by atoms with Crippen molar-refractivity contribution in [3.05, 3.63) is 48.0 Å². The zero-order valence-electron chi connectivity index (χ0n) is 16.8. The molecule has 0 bridgehead atoms. The van der Waals surface area contributed by atoms with Crippen molar-refractivity contribution in [2.75, 3.05) is 13.7 Å². The van der Waals surface area contributed by atoms with Crippen LogP contribution in [0.25, 0.3) is 0 Å². The maximum Gasteiger partial charge on any atom is 0.408 e. The van der Waals surface area contributed by atoms with E-state index in [1.165, 1.54) is 12.0 Å². The lowest BCUT2D eigenvalue weighted by Gasteiger charge is -2.31. The van der Waals surface area contributed by atoms with Crippen LogP contribution in [0.3, 0.4) is 0 Å². The first-order valence-electron chi connectivity index (χ1n) is 9.28. The zero-order chi connectivity index (χ0) is 20.7. The number of ether oxygens (including phenoxy) is 2. The van der Waals surface area contributed by atoms with Crippen LogP contribution in [0.15, 0.2) is 42.5 Å². The van der Waals surface area contributed by atoms with Gasteiger partial charge in [0, 0.05) is 13.0 Å². The summed E-state index contributed by atoms with van der Waals surface area (Å²) in [7, 11) is 1.30. The van der Waals surface area contributed by atoms with Crippen LogP contribution in [-0.4, -0.2) is 54.2 Å². The van der Waals surface area contributed by atoms with Crippen LogP contribution in [0.4, 0.5) is 4.79 Å². The first-order valence-corrected chi connectivity index (χ1v) is 9.28. The number of hydrogen-bond donors (Lipinski definition) is 1. The van der Waals surface area contributed by atoms with E-state index in [-0.39, 0.29) is 12.5 Å². The number of carbonyl (C=O) groups excluding carboxylic acids is 3. The SMILES string of the molecule is COC(=O)[C@H](Cc1ccccc1)N1CC=CC[C@H](NC(=O)OC(C)(C)C)C1=O. The molecule has 1 aliphatic heterocycles. The van der Waals surface area contributed by atoms with E-state index in [1.54, 1.807) is 20.8 Å². The third-order valence-electron chi connectivity index (χ3n) is 4.23. The molecule has 1 N–H and O–H groups in total. The van der Waals surface area contributed by atoms with E-state index in [4.69, 9.17) is 9.47 Å². The van der Waals surface area contributed by atoms with Gasteiger partial charge in [-0.3, -0.25) is 4.79 Å². The second-order valence-corrected chi connectivity index (χ2v) is 7.63. The molecule has 0 saturated heterocycles. The van der Waals surface area contributed by atoms with Gasteiger partial charge in [-0.2, -0.15) is 0 Å². The molecule has 2 atom stereocenters. The van der Waals surface area contributed by atoms with Gasteiger partial charge in [0.1, 0.15) is 17.7 Å². The predicted molar refractivity (Wildman–Crippen MR) is 105 cm³/mol. The van der Waals surface area contributed by atoms with Crippen molar-refractivity contribution < 1.29 is 23.9 Å². The van der Waals surface area contributed by atoms with Gasteiger partial charge in [0.05, 0.1) is 7.11 Å². The number of amides is 2. The molecule has 0 aliphatic carbocycles. The average Bonchev–Trinajstić information content (AvgIpc) is 2.80. The molecule has 0 aromatic heterocycles. The number of methoxy groups -OCH3 is 1. The van der Waals surface area contributed by atoms with E-state index in [9.17, 15) is 14.4 Å². The number of esters is 1. The first-order chi connectivity index (χ1) is 13.2. The Morgan fingerprint density at radius 1 is 1.21 bits per heavy atom. The fourth-order valence-electron chi connectivity index (χ4n) is 2.96. The van der Waals surface area contributed by atoms with Crippen LogP contribution in [0.5, 0.6) is 0 Å². The Morgan fingerprint density at radius 2 is 1.89 bits per heavy atom. The molecule has 152 valence electrons. The summed E-state index contributed by atoms with van der Waals surface area (Å²) < 4.78 is 10.2. The molecule has 1 aliphatic rings. The summed E-state index contributed by atoms with van der Waals surface area (Å²) in [5, 5.41) is 2.62. The highest BCUT2D eigenvalue weighted by molar-refractivity contribution is 5.90. The number of rotatable bonds is 5. The van der Waals surface area contributed by atoms with E-state index in [1.807, 2.05) is 42.5 Å². The fraction of sp³-hybridized carbons (Fsp3) is 0.476. The minimum atomic E-state index is -0.809. The van der Waals surface area contributed by atoms with Crippen LogP contribution >= 0.6 is 0 Å². The van der Waals surface area contributed by atoms with Crippen molar-refractivity contribution >= 4 is 18.0 Å². The minimum absolute atomic E-state index is 0.262. The second-order valence-electron chi connectivity index (χ2n) is 7.63. The van der Waals surface area contributed by atoms with Gasteiger partial charge >= 0.3 is 12.1 Å². The van der Waals surface area contributed by atoms with Gasteiger partial charge in [0.15, 0.2) is 0 Å². The summed E-state index contributed by atoms with van der Waals surface area (Å²) in [6.07, 6.45) is 3.62. The zero-order valence-corrected chi connectivity index (χ0v) is 16.8. The van der Waals surface area contributed by atoms with Gasteiger partial charge in [-0.1, -0.05) is 42.5 Å². The molecule has 1 aromatic carbocycles. The topological polar surface area (TPSA) is 84.9 Å². The number of hydrogen-bond acceptors (Lipinski definition) is 5. The lowest BCUT2D eigenvalue weighted by molar-refractivity contribution is -0.153. The van der Waals surface area contributed by atoms with E-state index < -0.39 is 29.7 Å². The summed E-state index contributed by atoms with van der Waals surface area (Å²) >= 11 is 0. The minimum Gasteiger partial charge on any atom is -0.467 e. The first kappa shape index (κ1) is 21.5. The molecule has 0 saturated carbocycles. The summed E-state index contributed by atoms with van der Waals surface area (Å²) in [5.41, 5.74) is 0.241. The van der Waals surface area contributed by atoms with Gasteiger partial charge in [-0.15, -0.1) is 0 Å². The Kier molecular flexibility index (Phi) is 7.20. The Labute approximate surface area is 165 Å². The number of nitrogens with one attached hydrogen (secondary N) is 1. The van der Waals surface area contributed by atoms with Crippen molar-refractivity contribution in [3.63, 3.8) is 0 Å². The molecule has 0 unspecified atom stereocenters. The predicted octanol–water partition coefficient (Wildman–Crippen LogP) is 2.45. The van der Waals surface area contributed by atoms with Gasteiger partial charge in [-0.25, -0.2) is 9.59 Å². The third kappa shape index (κ3) is 6.11. The molecule has 7 nitrogen and oxygen atoms in total. The van der Waals surface area contributed by atoms with Crippen LogP contribution in [-0.2, 0) is 25.5 Å². The Hall–Kier alpha value is -2.83. The Morgan fingerprint density at radius 3 is 2.50 bits per heavy atom. The van der Waals surface area contributed by atoms with Crippen LogP contribution in [0, 0.1) is 0 Å². The van der Waals surface area contributed by atoms with Crippen LogP contribution in [0.2, 0.25) is 0 Å².